The molecule has 1 rings (SSSR count). The number of nitrogens with one attached hydrogen (secondary N) is 1. The molecule has 1 aromatic rings. The minimum absolute atomic E-state index is 0.00820. The molecule has 0 saturated carbocycles. The van der Waals surface area contributed by atoms with Gasteiger partial charge >= 0.3 is 5.97 Å². The molecule has 0 aliphatic heterocycles. The fraction of sp³-hybridized carbons (Fsp3) is 0.417. The first kappa shape index (κ1) is 15.5. The van der Waals surface area contributed by atoms with Gasteiger partial charge in [-0.15, -0.1) is 0 Å². The SMILES string of the molecule is CCOC(=O)C(C)NS(=O)(=O)c1c(C)cccc1N. The summed E-state index contributed by atoms with van der Waals surface area (Å²) in [4.78, 5) is 11.4. The van der Waals surface area contributed by atoms with E-state index in [-0.39, 0.29) is 17.2 Å². The van der Waals surface area contributed by atoms with Crippen LogP contribution < -0.4 is 10.5 Å². The number of nitrogens with two attached hydrogens (primary N) is 1. The number of carbonyl (C=O) groups excluding carboxylic acids is 1. The molecule has 0 radical (unpaired) electrons. The van der Waals surface area contributed by atoms with Crippen molar-refractivity contribution in [3.05, 3.63) is 23.8 Å². The van der Waals surface area contributed by atoms with Crippen LogP contribution in [0.2, 0.25) is 0 Å². The van der Waals surface area contributed by atoms with Crippen LogP contribution in [-0.2, 0) is 19.6 Å². The maximum atomic E-state index is 12.2. The highest BCUT2D eigenvalue weighted by Crippen LogP contribution is 2.22. The molecule has 0 bridgehead atoms. The van der Waals surface area contributed by atoms with Crippen molar-refractivity contribution in [3.8, 4) is 0 Å². The number of benzene rings is 1. The van der Waals surface area contributed by atoms with Crippen molar-refractivity contribution in [2.75, 3.05) is 12.3 Å². The van der Waals surface area contributed by atoms with Crippen LogP contribution >= 0.6 is 0 Å². The quantitative estimate of drug-likeness (QED) is 0.616. The van der Waals surface area contributed by atoms with Crippen LogP contribution in [0.25, 0.3) is 0 Å². The lowest BCUT2D eigenvalue weighted by atomic mass is 10.2. The molecule has 1 atom stereocenters. The largest absolute Gasteiger partial charge is 0.465 e. The molecular formula is C12H18N2O4S. The molecule has 6 nitrogen and oxygen atoms in total. The van der Waals surface area contributed by atoms with Gasteiger partial charge in [0.05, 0.1) is 12.3 Å². The van der Waals surface area contributed by atoms with Crippen LogP contribution in [0.4, 0.5) is 5.69 Å². The molecular weight excluding hydrogens is 268 g/mol. The van der Waals surface area contributed by atoms with Crippen LogP contribution in [0.1, 0.15) is 19.4 Å². The summed E-state index contributed by atoms with van der Waals surface area (Å²) in [6.45, 7) is 4.90. The van der Waals surface area contributed by atoms with Crippen LogP contribution in [0.3, 0.4) is 0 Å². The number of rotatable bonds is 5. The first-order chi connectivity index (χ1) is 8.79. The van der Waals surface area contributed by atoms with E-state index in [9.17, 15) is 13.2 Å². The molecule has 0 amide bonds. The number of esters is 1. The van der Waals surface area contributed by atoms with E-state index >= 15 is 0 Å². The fourth-order valence-electron chi connectivity index (χ4n) is 1.65. The van der Waals surface area contributed by atoms with Gasteiger partial charge in [0.25, 0.3) is 0 Å². The molecule has 0 saturated heterocycles. The Labute approximate surface area is 113 Å². The van der Waals surface area contributed by atoms with Crippen molar-refractivity contribution in [3.63, 3.8) is 0 Å². The Morgan fingerprint density at radius 1 is 1.47 bits per heavy atom. The van der Waals surface area contributed by atoms with E-state index in [1.807, 2.05) is 0 Å². The smallest absolute Gasteiger partial charge is 0.323 e. The Morgan fingerprint density at radius 3 is 2.63 bits per heavy atom. The Morgan fingerprint density at radius 2 is 2.11 bits per heavy atom. The highest BCUT2D eigenvalue weighted by molar-refractivity contribution is 7.89. The monoisotopic (exact) mass is 286 g/mol. The van der Waals surface area contributed by atoms with Gasteiger partial charge in [0, 0.05) is 0 Å². The molecule has 0 aliphatic carbocycles. The van der Waals surface area contributed by atoms with Gasteiger partial charge in [0.15, 0.2) is 0 Å². The molecule has 0 aliphatic rings. The maximum Gasteiger partial charge on any atom is 0.323 e. The summed E-state index contributed by atoms with van der Waals surface area (Å²) in [5.74, 6) is -0.627. The van der Waals surface area contributed by atoms with Crippen molar-refractivity contribution < 1.29 is 17.9 Å². The van der Waals surface area contributed by atoms with E-state index in [2.05, 4.69) is 4.72 Å². The molecule has 3 N–H and O–H groups in total. The molecule has 0 fully saturated rings. The number of ether oxygens (including phenoxy) is 1. The topological polar surface area (TPSA) is 98.5 Å². The molecule has 7 heteroatoms. The molecule has 0 aromatic heterocycles. The van der Waals surface area contributed by atoms with Gasteiger partial charge in [-0.1, -0.05) is 12.1 Å². The van der Waals surface area contributed by atoms with Crippen LogP contribution in [0, 0.1) is 6.92 Å². The van der Waals surface area contributed by atoms with Crippen molar-refractivity contribution in [1.82, 2.24) is 4.72 Å². The molecule has 1 aromatic carbocycles. The second kappa shape index (κ2) is 6.03. The van der Waals surface area contributed by atoms with Crippen LogP contribution in [-0.4, -0.2) is 27.0 Å². The second-order valence-corrected chi connectivity index (χ2v) is 5.74. The summed E-state index contributed by atoms with van der Waals surface area (Å²) in [5.41, 5.74) is 6.34. The molecule has 19 heavy (non-hydrogen) atoms. The summed E-state index contributed by atoms with van der Waals surface area (Å²) < 4.78 is 31.4. The lowest BCUT2D eigenvalue weighted by molar-refractivity contribution is -0.144. The number of carbonyl (C=O) groups is 1. The van der Waals surface area contributed by atoms with E-state index in [1.165, 1.54) is 13.0 Å². The van der Waals surface area contributed by atoms with E-state index < -0.39 is 22.0 Å². The summed E-state index contributed by atoms with van der Waals surface area (Å²) in [5, 5.41) is 0. The summed E-state index contributed by atoms with van der Waals surface area (Å²) >= 11 is 0. The summed E-state index contributed by atoms with van der Waals surface area (Å²) in [7, 11) is -3.86. The minimum atomic E-state index is -3.86. The van der Waals surface area contributed by atoms with E-state index in [0.717, 1.165) is 0 Å². The third-order valence-electron chi connectivity index (χ3n) is 2.48. The van der Waals surface area contributed by atoms with Crippen LogP contribution in [0.15, 0.2) is 23.1 Å². The zero-order valence-corrected chi connectivity index (χ0v) is 12.0. The van der Waals surface area contributed by atoms with Gasteiger partial charge in [0.1, 0.15) is 10.9 Å². The highest BCUT2D eigenvalue weighted by atomic mass is 32.2. The van der Waals surface area contributed by atoms with Crippen molar-refractivity contribution >= 4 is 21.7 Å². The number of hydrogen-bond acceptors (Lipinski definition) is 5. The minimum Gasteiger partial charge on any atom is -0.465 e. The first-order valence-corrected chi connectivity index (χ1v) is 7.32. The Kier molecular flexibility index (Phi) is 4.90. The average molecular weight is 286 g/mol. The maximum absolute atomic E-state index is 12.2. The predicted octanol–water partition coefficient (Wildman–Crippen LogP) is 0.807. The molecule has 0 spiro atoms. The second-order valence-electron chi connectivity index (χ2n) is 4.09. The first-order valence-electron chi connectivity index (χ1n) is 5.83. The number of anilines is 1. The zero-order valence-electron chi connectivity index (χ0n) is 11.1. The molecule has 0 heterocycles. The standard InChI is InChI=1S/C12H18N2O4S/c1-4-18-12(15)9(3)14-19(16,17)11-8(2)6-5-7-10(11)13/h5-7,9,14H,4,13H2,1-3H3. The van der Waals surface area contributed by atoms with Crippen molar-refractivity contribution in [2.24, 2.45) is 0 Å². The Hall–Kier alpha value is -1.60. The lowest BCUT2D eigenvalue weighted by Gasteiger charge is -2.15. The van der Waals surface area contributed by atoms with Gasteiger partial charge in [-0.25, -0.2) is 8.42 Å². The molecule has 1 unspecified atom stereocenters. The average Bonchev–Trinajstić information content (AvgIpc) is 2.27. The number of sulfonamides is 1. The number of nitrogen functional groups attached to an aromatic ring is 1. The third kappa shape index (κ3) is 3.68. The van der Waals surface area contributed by atoms with Gasteiger partial charge in [-0.2, -0.15) is 4.72 Å². The third-order valence-corrected chi connectivity index (χ3v) is 4.24. The summed E-state index contributed by atoms with van der Waals surface area (Å²) in [6, 6.07) is 3.83. The normalized spacial score (nSPS) is 13.0. The Balaban J connectivity index is 3.03. The van der Waals surface area contributed by atoms with E-state index in [4.69, 9.17) is 10.5 Å². The van der Waals surface area contributed by atoms with Gasteiger partial charge in [-0.3, -0.25) is 4.79 Å². The van der Waals surface area contributed by atoms with E-state index in [1.54, 1.807) is 26.0 Å². The predicted molar refractivity (Wildman–Crippen MR) is 72.0 cm³/mol. The Bertz CT molecular complexity index is 549. The highest BCUT2D eigenvalue weighted by Gasteiger charge is 2.25. The molecule has 106 valence electrons. The zero-order chi connectivity index (χ0) is 14.6. The number of aryl methyl sites for hydroxylation is 1. The van der Waals surface area contributed by atoms with Gasteiger partial charge < -0.3 is 10.5 Å². The van der Waals surface area contributed by atoms with Gasteiger partial charge in [0.2, 0.25) is 10.0 Å². The van der Waals surface area contributed by atoms with Crippen LogP contribution in [0.5, 0.6) is 0 Å². The van der Waals surface area contributed by atoms with Crippen molar-refractivity contribution in [1.29, 1.82) is 0 Å². The lowest BCUT2D eigenvalue weighted by Crippen LogP contribution is -2.40. The fourth-order valence-corrected chi connectivity index (χ4v) is 3.20. The summed E-state index contributed by atoms with van der Waals surface area (Å²) in [6.07, 6.45) is 0. The number of hydrogen-bond donors (Lipinski definition) is 2. The van der Waals surface area contributed by atoms with Crippen molar-refractivity contribution in [2.45, 2.75) is 31.7 Å². The van der Waals surface area contributed by atoms with E-state index in [0.29, 0.717) is 5.56 Å². The van der Waals surface area contributed by atoms with Gasteiger partial charge in [-0.05, 0) is 32.4 Å².